The Bertz CT molecular complexity index is 1380. The van der Waals surface area contributed by atoms with Crippen LogP contribution in [0.15, 0.2) is 52.1 Å². The van der Waals surface area contributed by atoms with E-state index in [-0.39, 0.29) is 17.3 Å². The first-order valence-electron chi connectivity index (χ1n) is 10.6. The van der Waals surface area contributed by atoms with Gasteiger partial charge in [-0.05, 0) is 36.4 Å². The number of nitrogens with zero attached hydrogens (tertiary/aromatic N) is 3. The van der Waals surface area contributed by atoms with Crippen LogP contribution in [0.25, 0.3) is 11.0 Å². The molecule has 10 nitrogen and oxygen atoms in total. The van der Waals surface area contributed by atoms with Crippen LogP contribution in [0.5, 0.6) is 0 Å². The lowest BCUT2D eigenvalue weighted by atomic mass is 10.2. The van der Waals surface area contributed by atoms with Gasteiger partial charge in [0.1, 0.15) is 5.69 Å². The minimum absolute atomic E-state index is 0.0233. The SMILES string of the molecule is O=C(Nc1cc(Br)ccc1S)c1nc[nH]c1C(=O)Nc1nc2ccc(N3CCNCC3)cc2[nH]1. The van der Waals surface area contributed by atoms with Gasteiger partial charge in [-0.2, -0.15) is 0 Å². The number of hydrogen-bond acceptors (Lipinski definition) is 7. The van der Waals surface area contributed by atoms with Crippen molar-refractivity contribution in [2.24, 2.45) is 0 Å². The van der Waals surface area contributed by atoms with Gasteiger partial charge in [0.05, 0.1) is 23.0 Å². The Labute approximate surface area is 208 Å². The van der Waals surface area contributed by atoms with Crippen molar-refractivity contribution in [2.45, 2.75) is 4.90 Å². The molecule has 2 aromatic carbocycles. The largest absolute Gasteiger partial charge is 0.369 e. The zero-order valence-corrected chi connectivity index (χ0v) is 20.3. The monoisotopic (exact) mass is 540 g/mol. The topological polar surface area (TPSA) is 131 Å². The highest BCUT2D eigenvalue weighted by atomic mass is 79.9. The van der Waals surface area contributed by atoms with Crippen LogP contribution < -0.4 is 20.9 Å². The van der Waals surface area contributed by atoms with Crippen molar-refractivity contribution in [3.05, 3.63) is 58.6 Å². The molecule has 0 bridgehead atoms. The summed E-state index contributed by atoms with van der Waals surface area (Å²) in [5.41, 5.74) is 3.11. The summed E-state index contributed by atoms with van der Waals surface area (Å²) in [5, 5.41) is 8.78. The molecule has 1 aliphatic heterocycles. The Hall–Kier alpha value is -3.35. The van der Waals surface area contributed by atoms with Gasteiger partial charge in [0.2, 0.25) is 5.95 Å². The molecule has 12 heteroatoms. The van der Waals surface area contributed by atoms with E-state index in [0.717, 1.165) is 47.4 Å². The molecule has 4 aromatic rings. The van der Waals surface area contributed by atoms with Gasteiger partial charge in [-0.1, -0.05) is 15.9 Å². The van der Waals surface area contributed by atoms with Gasteiger partial charge < -0.3 is 25.5 Å². The van der Waals surface area contributed by atoms with Crippen molar-refractivity contribution in [2.75, 3.05) is 41.7 Å². The Balaban J connectivity index is 1.32. The average Bonchev–Trinajstić information content (AvgIpc) is 3.48. The predicted molar refractivity (Wildman–Crippen MR) is 137 cm³/mol. The maximum absolute atomic E-state index is 12.9. The second kappa shape index (κ2) is 9.49. The summed E-state index contributed by atoms with van der Waals surface area (Å²) in [6.45, 7) is 3.75. The fourth-order valence-corrected chi connectivity index (χ4v) is 4.33. The zero-order valence-electron chi connectivity index (χ0n) is 17.9. The number of halogens is 1. The maximum Gasteiger partial charge on any atom is 0.276 e. The number of hydrogen-bond donors (Lipinski definition) is 6. The number of H-pyrrole nitrogens is 2. The Morgan fingerprint density at radius 3 is 2.71 bits per heavy atom. The van der Waals surface area contributed by atoms with E-state index in [2.05, 4.69) is 69.3 Å². The van der Waals surface area contributed by atoms with Gasteiger partial charge >= 0.3 is 0 Å². The molecule has 0 radical (unpaired) electrons. The first-order chi connectivity index (χ1) is 16.5. The second-order valence-electron chi connectivity index (χ2n) is 7.72. The fourth-order valence-electron chi connectivity index (χ4n) is 3.78. The first-order valence-corrected chi connectivity index (χ1v) is 11.8. The average molecular weight is 541 g/mol. The standard InChI is InChI=1S/C22H21BrN8O2S/c23-12-1-4-17(34)16(9-12)27-20(32)18-19(26-11-25-18)21(33)30-22-28-14-3-2-13(10-15(14)29-22)31-7-5-24-6-8-31/h1-4,9-11,24,34H,5-8H2,(H,25,26)(H,27,32)(H2,28,29,30,33). The number of imidazole rings is 2. The van der Waals surface area contributed by atoms with Crippen LogP contribution in [0, 0.1) is 0 Å². The van der Waals surface area contributed by atoms with Gasteiger partial charge in [-0.25, -0.2) is 9.97 Å². The minimum atomic E-state index is -0.538. The van der Waals surface area contributed by atoms with Crippen LogP contribution in [0.2, 0.25) is 0 Å². The number of nitrogens with one attached hydrogen (secondary N) is 5. The third kappa shape index (κ3) is 4.65. The lowest BCUT2D eigenvalue weighted by Crippen LogP contribution is -2.43. The van der Waals surface area contributed by atoms with E-state index in [0.29, 0.717) is 10.6 Å². The van der Waals surface area contributed by atoms with Crippen molar-refractivity contribution >= 4 is 68.7 Å². The lowest BCUT2D eigenvalue weighted by Gasteiger charge is -2.29. The van der Waals surface area contributed by atoms with Gasteiger partial charge in [0, 0.05) is 41.2 Å². The molecule has 174 valence electrons. The number of carbonyl (C=O) groups excluding carboxylic acids is 2. The number of aromatic amines is 2. The highest BCUT2D eigenvalue weighted by Gasteiger charge is 2.22. The fraction of sp³-hybridized carbons (Fsp3) is 0.182. The van der Waals surface area contributed by atoms with Gasteiger partial charge in [-0.15, -0.1) is 12.6 Å². The van der Waals surface area contributed by atoms with Crippen molar-refractivity contribution in [1.29, 1.82) is 0 Å². The minimum Gasteiger partial charge on any atom is -0.369 e. The molecule has 5 N–H and O–H groups in total. The molecule has 2 aromatic heterocycles. The molecule has 2 amide bonds. The highest BCUT2D eigenvalue weighted by molar-refractivity contribution is 9.10. The summed E-state index contributed by atoms with van der Waals surface area (Å²) in [6, 6.07) is 11.2. The summed E-state index contributed by atoms with van der Waals surface area (Å²) in [7, 11) is 0. The molecule has 1 fully saturated rings. The normalized spacial score (nSPS) is 13.8. The van der Waals surface area contributed by atoms with E-state index in [4.69, 9.17) is 0 Å². The van der Waals surface area contributed by atoms with Crippen LogP contribution >= 0.6 is 28.6 Å². The Morgan fingerprint density at radius 1 is 1.06 bits per heavy atom. The van der Waals surface area contributed by atoms with Crippen LogP contribution in [0.4, 0.5) is 17.3 Å². The van der Waals surface area contributed by atoms with E-state index in [1.54, 1.807) is 12.1 Å². The maximum atomic E-state index is 12.9. The Morgan fingerprint density at radius 2 is 1.88 bits per heavy atom. The molecule has 3 heterocycles. The molecule has 5 rings (SSSR count). The molecule has 0 aliphatic carbocycles. The zero-order chi connectivity index (χ0) is 23.7. The number of fused-ring (bicyclic) bond motifs is 1. The van der Waals surface area contributed by atoms with Crippen molar-refractivity contribution in [3.63, 3.8) is 0 Å². The summed E-state index contributed by atoms with van der Waals surface area (Å²) in [5.74, 6) is -0.794. The van der Waals surface area contributed by atoms with Crippen LogP contribution in [-0.4, -0.2) is 57.9 Å². The number of benzene rings is 2. The summed E-state index contributed by atoms with van der Waals surface area (Å²) < 4.78 is 0.783. The number of rotatable bonds is 5. The summed E-state index contributed by atoms with van der Waals surface area (Å²) in [4.78, 5) is 42.9. The molecule has 34 heavy (non-hydrogen) atoms. The Kier molecular flexibility index (Phi) is 6.26. The van der Waals surface area contributed by atoms with Crippen molar-refractivity contribution in [1.82, 2.24) is 25.3 Å². The highest BCUT2D eigenvalue weighted by Crippen LogP contribution is 2.25. The smallest absolute Gasteiger partial charge is 0.276 e. The number of amides is 2. The number of thiol groups is 1. The second-order valence-corrected chi connectivity index (χ2v) is 9.12. The lowest BCUT2D eigenvalue weighted by molar-refractivity contribution is 0.0985. The molecular formula is C22H21BrN8O2S. The number of carbonyl (C=O) groups is 2. The predicted octanol–water partition coefficient (Wildman–Crippen LogP) is 3.25. The first kappa shape index (κ1) is 22.4. The van der Waals surface area contributed by atoms with Gasteiger partial charge in [-0.3, -0.25) is 14.9 Å². The molecule has 1 saturated heterocycles. The van der Waals surface area contributed by atoms with E-state index >= 15 is 0 Å². The third-order valence-electron chi connectivity index (χ3n) is 5.47. The quantitative estimate of drug-likeness (QED) is 0.215. The third-order valence-corrected chi connectivity index (χ3v) is 6.35. The molecule has 1 aliphatic rings. The van der Waals surface area contributed by atoms with E-state index in [9.17, 15) is 9.59 Å². The van der Waals surface area contributed by atoms with Crippen molar-refractivity contribution in [3.8, 4) is 0 Å². The summed E-state index contributed by atoms with van der Waals surface area (Å²) >= 11 is 7.72. The molecular weight excluding hydrogens is 520 g/mol. The molecule has 0 saturated carbocycles. The van der Waals surface area contributed by atoms with E-state index < -0.39 is 11.8 Å². The van der Waals surface area contributed by atoms with Crippen molar-refractivity contribution < 1.29 is 9.59 Å². The molecule has 0 unspecified atom stereocenters. The van der Waals surface area contributed by atoms with Crippen LogP contribution in [0.3, 0.4) is 0 Å². The van der Waals surface area contributed by atoms with Crippen LogP contribution in [-0.2, 0) is 0 Å². The molecule has 0 atom stereocenters. The number of aromatic nitrogens is 4. The number of anilines is 3. The number of piperazine rings is 1. The van der Waals surface area contributed by atoms with E-state index in [1.807, 2.05) is 24.3 Å². The van der Waals surface area contributed by atoms with Gasteiger partial charge in [0.25, 0.3) is 11.8 Å². The molecule has 0 spiro atoms. The summed E-state index contributed by atoms with van der Waals surface area (Å²) in [6.07, 6.45) is 1.30. The van der Waals surface area contributed by atoms with E-state index in [1.165, 1.54) is 6.33 Å². The van der Waals surface area contributed by atoms with Crippen LogP contribution in [0.1, 0.15) is 21.0 Å². The van der Waals surface area contributed by atoms with Gasteiger partial charge in [0.15, 0.2) is 5.69 Å².